The summed E-state index contributed by atoms with van der Waals surface area (Å²) in [4.78, 5) is 0. The van der Waals surface area contributed by atoms with Gasteiger partial charge in [0, 0.05) is 17.1 Å². The highest BCUT2D eigenvalue weighted by atomic mass is 35.5. The van der Waals surface area contributed by atoms with Crippen LogP contribution in [-0.4, -0.2) is 12.6 Å². The Labute approximate surface area is 77.8 Å². The molecule has 62 valence electrons. The van der Waals surface area contributed by atoms with E-state index < -0.39 is 0 Å². The van der Waals surface area contributed by atoms with Crippen molar-refractivity contribution in [1.29, 1.82) is 0 Å². The van der Waals surface area contributed by atoms with Crippen LogP contribution in [0.25, 0.3) is 0 Å². The minimum atomic E-state index is 0.0837. The molecule has 0 aliphatic heterocycles. The number of hydrogen-bond acceptors (Lipinski definition) is 1. The van der Waals surface area contributed by atoms with Gasteiger partial charge in [-0.3, -0.25) is 5.32 Å². The van der Waals surface area contributed by atoms with Crippen molar-refractivity contribution in [1.82, 2.24) is 5.32 Å². The molecule has 0 saturated carbocycles. The lowest BCUT2D eigenvalue weighted by molar-refractivity contribution is 0.631. The smallest absolute Gasteiger partial charge is 0.0687 e. The summed E-state index contributed by atoms with van der Waals surface area (Å²) in [5, 5.41) is 3.62. The summed E-state index contributed by atoms with van der Waals surface area (Å²) < 4.78 is 0. The van der Waals surface area contributed by atoms with Crippen LogP contribution in [0.5, 0.6) is 0 Å². The fraction of sp³-hybridized carbons (Fsp3) is 0.500. The number of nitrogens with one attached hydrogen (secondary N) is 1. The lowest BCUT2D eigenvalue weighted by atomic mass is 10.2. The Morgan fingerprint density at radius 2 is 2.45 bits per heavy atom. The van der Waals surface area contributed by atoms with Gasteiger partial charge in [0.05, 0.1) is 6.04 Å². The highest BCUT2D eigenvalue weighted by Gasteiger charge is 1.99. The van der Waals surface area contributed by atoms with Gasteiger partial charge in [0.1, 0.15) is 0 Å². The molecule has 1 atom stereocenters. The molecule has 11 heavy (non-hydrogen) atoms. The third kappa shape index (κ3) is 5.15. The zero-order chi connectivity index (χ0) is 8.69. The molecule has 1 nitrogen and oxygen atoms in total. The van der Waals surface area contributed by atoms with E-state index in [1.807, 2.05) is 6.92 Å². The number of halogens is 2. The molecule has 0 fully saturated rings. The summed E-state index contributed by atoms with van der Waals surface area (Å²) in [6.45, 7) is 2.55. The Bertz CT molecular complexity index is 169. The zero-order valence-electron chi connectivity index (χ0n) is 6.40. The minimum Gasteiger partial charge on any atom is -0.299 e. The van der Waals surface area contributed by atoms with Crippen molar-refractivity contribution in [2.45, 2.75) is 19.4 Å². The Morgan fingerprint density at radius 1 is 1.82 bits per heavy atom. The van der Waals surface area contributed by atoms with Crippen LogP contribution in [0.4, 0.5) is 0 Å². The molecule has 0 bridgehead atoms. The molecule has 0 amide bonds. The molecule has 0 heterocycles. The highest BCUT2D eigenvalue weighted by Crippen LogP contribution is 2.01. The van der Waals surface area contributed by atoms with Crippen LogP contribution in [0.3, 0.4) is 0 Å². The molecule has 3 heteroatoms. The predicted octanol–water partition coefficient (Wildman–Crippen LogP) is 2.31. The van der Waals surface area contributed by atoms with Gasteiger partial charge in [0.15, 0.2) is 0 Å². The van der Waals surface area contributed by atoms with Gasteiger partial charge < -0.3 is 0 Å². The van der Waals surface area contributed by atoms with Crippen LogP contribution >= 0.6 is 23.2 Å². The van der Waals surface area contributed by atoms with E-state index in [2.05, 4.69) is 11.2 Å². The van der Waals surface area contributed by atoms with Crippen LogP contribution in [0.1, 0.15) is 13.3 Å². The minimum absolute atomic E-state index is 0.0837. The van der Waals surface area contributed by atoms with E-state index in [4.69, 9.17) is 29.6 Å². The first-order chi connectivity index (χ1) is 5.24. The van der Waals surface area contributed by atoms with Crippen molar-refractivity contribution in [3.8, 4) is 12.3 Å². The van der Waals surface area contributed by atoms with Gasteiger partial charge in [-0.05, 0) is 6.42 Å². The van der Waals surface area contributed by atoms with E-state index in [0.717, 1.165) is 6.42 Å². The summed E-state index contributed by atoms with van der Waals surface area (Å²) >= 11 is 11.0. The van der Waals surface area contributed by atoms with E-state index in [9.17, 15) is 0 Å². The molecule has 0 rings (SSSR count). The summed E-state index contributed by atoms with van der Waals surface area (Å²) in [6.07, 6.45) is 6.09. The number of hydrogen-bond donors (Lipinski definition) is 1. The van der Waals surface area contributed by atoms with Crippen LogP contribution < -0.4 is 5.32 Å². The van der Waals surface area contributed by atoms with Gasteiger partial charge in [-0.2, -0.15) is 0 Å². The Morgan fingerprint density at radius 3 is 2.82 bits per heavy atom. The SMILES string of the molecule is C#CC(CC)NC/C(Cl)=C/Cl. The molecule has 1 unspecified atom stereocenters. The van der Waals surface area contributed by atoms with Gasteiger partial charge in [0.25, 0.3) is 0 Å². The van der Waals surface area contributed by atoms with Gasteiger partial charge >= 0.3 is 0 Å². The van der Waals surface area contributed by atoms with E-state index in [1.165, 1.54) is 5.54 Å². The lowest BCUT2D eigenvalue weighted by Gasteiger charge is -2.08. The van der Waals surface area contributed by atoms with Crippen LogP contribution in [-0.2, 0) is 0 Å². The average Bonchev–Trinajstić information content (AvgIpc) is 2.06. The van der Waals surface area contributed by atoms with Gasteiger partial charge in [-0.25, -0.2) is 0 Å². The molecular formula is C8H11Cl2N. The van der Waals surface area contributed by atoms with Crippen molar-refractivity contribution < 1.29 is 0 Å². The van der Waals surface area contributed by atoms with Crippen LogP contribution in [0, 0.1) is 12.3 Å². The van der Waals surface area contributed by atoms with Crippen molar-refractivity contribution in [3.05, 3.63) is 10.6 Å². The molecule has 0 spiro atoms. The number of terminal acetylenes is 1. The molecule has 0 radical (unpaired) electrons. The monoisotopic (exact) mass is 191 g/mol. The van der Waals surface area contributed by atoms with Crippen molar-refractivity contribution in [2.24, 2.45) is 0 Å². The average molecular weight is 192 g/mol. The Hall–Kier alpha value is -0.160. The lowest BCUT2D eigenvalue weighted by Crippen LogP contribution is -2.27. The van der Waals surface area contributed by atoms with Crippen molar-refractivity contribution in [2.75, 3.05) is 6.54 Å². The highest BCUT2D eigenvalue weighted by molar-refractivity contribution is 6.36. The maximum absolute atomic E-state index is 5.62. The largest absolute Gasteiger partial charge is 0.299 e. The summed E-state index contributed by atoms with van der Waals surface area (Å²) in [6, 6.07) is 0.0837. The molecule has 0 aromatic carbocycles. The molecule has 1 N–H and O–H groups in total. The second-order valence-corrected chi connectivity index (χ2v) is 2.77. The molecule has 0 aliphatic carbocycles. The maximum Gasteiger partial charge on any atom is 0.0687 e. The van der Waals surface area contributed by atoms with Crippen LogP contribution in [0.15, 0.2) is 10.6 Å². The first kappa shape index (κ1) is 10.8. The standard InChI is InChI=1S/C8H11Cl2N/c1-3-8(4-2)11-6-7(10)5-9/h1,5,8,11H,4,6H2,2H3/b7-5-. The molecule has 0 aliphatic rings. The maximum atomic E-state index is 5.62. The molecule has 0 saturated heterocycles. The Kier molecular flexibility index (Phi) is 6.45. The van der Waals surface area contributed by atoms with Crippen molar-refractivity contribution in [3.63, 3.8) is 0 Å². The van der Waals surface area contributed by atoms with Gasteiger partial charge in [-0.15, -0.1) is 6.42 Å². The van der Waals surface area contributed by atoms with Crippen LogP contribution in [0.2, 0.25) is 0 Å². The van der Waals surface area contributed by atoms with E-state index in [-0.39, 0.29) is 6.04 Å². The van der Waals surface area contributed by atoms with E-state index in [1.54, 1.807) is 0 Å². The zero-order valence-corrected chi connectivity index (χ0v) is 7.91. The summed E-state index contributed by atoms with van der Waals surface area (Å²) in [7, 11) is 0. The first-order valence-corrected chi connectivity index (χ1v) is 4.20. The van der Waals surface area contributed by atoms with Crippen molar-refractivity contribution >= 4 is 23.2 Å². The fourth-order valence-corrected chi connectivity index (χ4v) is 0.735. The third-order valence-corrected chi connectivity index (χ3v) is 1.86. The van der Waals surface area contributed by atoms with E-state index in [0.29, 0.717) is 11.6 Å². The molecule has 0 aromatic heterocycles. The second kappa shape index (κ2) is 6.54. The number of rotatable bonds is 4. The molecular weight excluding hydrogens is 181 g/mol. The predicted molar refractivity (Wildman–Crippen MR) is 50.7 cm³/mol. The summed E-state index contributed by atoms with van der Waals surface area (Å²) in [5.41, 5.74) is 1.33. The van der Waals surface area contributed by atoms with Gasteiger partial charge in [-0.1, -0.05) is 36.0 Å². The Balaban J connectivity index is 3.61. The third-order valence-electron chi connectivity index (χ3n) is 1.25. The summed E-state index contributed by atoms with van der Waals surface area (Å²) in [5.74, 6) is 2.59. The normalized spacial score (nSPS) is 14.2. The fourth-order valence-electron chi connectivity index (χ4n) is 0.580. The topological polar surface area (TPSA) is 12.0 Å². The second-order valence-electron chi connectivity index (χ2n) is 2.06. The van der Waals surface area contributed by atoms with Gasteiger partial charge in [0.2, 0.25) is 0 Å². The van der Waals surface area contributed by atoms with E-state index >= 15 is 0 Å². The quantitative estimate of drug-likeness (QED) is 0.674. The first-order valence-electron chi connectivity index (χ1n) is 3.38. The molecule has 0 aromatic rings.